The first kappa shape index (κ1) is 18.7. The van der Waals surface area contributed by atoms with Crippen LogP contribution in [0.4, 0.5) is 5.69 Å². The number of allylic oxidation sites excluding steroid dienone is 4. The lowest BCUT2D eigenvalue weighted by molar-refractivity contribution is 0.0949. The third-order valence-corrected chi connectivity index (χ3v) is 5.60. The number of rotatable bonds is 5. The summed E-state index contributed by atoms with van der Waals surface area (Å²) >= 11 is 3.49. The van der Waals surface area contributed by atoms with Crippen molar-refractivity contribution >= 4 is 39.1 Å². The number of hydrogen-bond donors (Lipinski definition) is 2. The van der Waals surface area contributed by atoms with E-state index in [4.69, 9.17) is 0 Å². The summed E-state index contributed by atoms with van der Waals surface area (Å²) in [7, 11) is 0. The molecule has 7 heteroatoms. The first-order valence-corrected chi connectivity index (χ1v) is 10.2. The Labute approximate surface area is 171 Å². The van der Waals surface area contributed by atoms with Crippen molar-refractivity contribution in [2.75, 3.05) is 5.32 Å². The molecule has 2 aromatic rings. The van der Waals surface area contributed by atoms with Gasteiger partial charge in [-0.3, -0.25) is 9.59 Å². The van der Waals surface area contributed by atoms with Crippen molar-refractivity contribution in [3.05, 3.63) is 63.9 Å². The fourth-order valence-corrected chi connectivity index (χ4v) is 3.59. The molecular formula is C21H21BrN4O2. The maximum atomic E-state index is 12.8. The summed E-state index contributed by atoms with van der Waals surface area (Å²) in [6.07, 6.45) is 11.7. The highest BCUT2D eigenvalue weighted by atomic mass is 79.9. The van der Waals surface area contributed by atoms with E-state index >= 15 is 0 Å². The highest BCUT2D eigenvalue weighted by Crippen LogP contribution is 2.25. The van der Waals surface area contributed by atoms with Crippen LogP contribution in [-0.4, -0.2) is 27.6 Å². The monoisotopic (exact) mass is 440 g/mol. The summed E-state index contributed by atoms with van der Waals surface area (Å²) in [4.78, 5) is 25.1. The van der Waals surface area contributed by atoms with Crippen LogP contribution in [0, 0.1) is 6.92 Å². The quantitative estimate of drug-likeness (QED) is 0.727. The molecule has 0 saturated heterocycles. The minimum Gasteiger partial charge on any atom is -0.349 e. The van der Waals surface area contributed by atoms with Crippen molar-refractivity contribution in [1.82, 2.24) is 15.1 Å². The van der Waals surface area contributed by atoms with Crippen LogP contribution in [0.25, 0.3) is 5.70 Å². The van der Waals surface area contributed by atoms with Crippen molar-refractivity contribution in [3.8, 4) is 0 Å². The van der Waals surface area contributed by atoms with Gasteiger partial charge < -0.3 is 10.6 Å². The van der Waals surface area contributed by atoms with Crippen molar-refractivity contribution in [2.45, 2.75) is 38.6 Å². The van der Waals surface area contributed by atoms with E-state index in [1.807, 2.05) is 19.1 Å². The van der Waals surface area contributed by atoms with Gasteiger partial charge in [0, 0.05) is 17.3 Å². The number of aryl methyl sites for hydroxylation is 1. The minimum atomic E-state index is -0.277. The van der Waals surface area contributed by atoms with Gasteiger partial charge in [0.25, 0.3) is 11.8 Å². The van der Waals surface area contributed by atoms with Crippen LogP contribution < -0.4 is 10.6 Å². The van der Waals surface area contributed by atoms with Gasteiger partial charge in [-0.2, -0.15) is 5.10 Å². The molecule has 2 aliphatic carbocycles. The number of benzene rings is 1. The Hall–Kier alpha value is -2.67. The van der Waals surface area contributed by atoms with Gasteiger partial charge in [-0.25, -0.2) is 4.68 Å². The Morgan fingerprint density at radius 2 is 2.04 bits per heavy atom. The second-order valence-electron chi connectivity index (χ2n) is 7.10. The molecule has 2 amide bonds. The summed E-state index contributed by atoms with van der Waals surface area (Å²) in [6, 6.07) is 5.62. The third kappa shape index (κ3) is 3.94. The average molecular weight is 441 g/mol. The fourth-order valence-electron chi connectivity index (χ4n) is 3.01. The second-order valence-corrected chi connectivity index (χ2v) is 7.85. The zero-order chi connectivity index (χ0) is 19.7. The predicted octanol–water partition coefficient (Wildman–Crippen LogP) is 4.29. The number of carbonyl (C=O) groups is 2. The highest BCUT2D eigenvalue weighted by molar-refractivity contribution is 9.10. The normalized spacial score (nSPS) is 15.9. The molecule has 2 N–H and O–H groups in total. The van der Waals surface area contributed by atoms with E-state index in [-0.39, 0.29) is 17.9 Å². The van der Waals surface area contributed by atoms with Gasteiger partial charge in [-0.05, 0) is 72.3 Å². The molecule has 0 aliphatic heterocycles. The van der Waals surface area contributed by atoms with Gasteiger partial charge in [-0.1, -0.05) is 18.2 Å². The van der Waals surface area contributed by atoms with Gasteiger partial charge in [0.05, 0.1) is 17.5 Å². The smallest absolute Gasteiger partial charge is 0.260 e. The third-order valence-electron chi connectivity index (χ3n) is 4.84. The summed E-state index contributed by atoms with van der Waals surface area (Å²) < 4.78 is 2.31. The molecule has 0 radical (unpaired) electrons. The zero-order valence-corrected chi connectivity index (χ0v) is 17.1. The van der Waals surface area contributed by atoms with Crippen LogP contribution in [-0.2, 0) is 0 Å². The molecule has 0 atom stereocenters. The lowest BCUT2D eigenvalue weighted by Crippen LogP contribution is -2.25. The Balaban J connectivity index is 1.53. The predicted molar refractivity (Wildman–Crippen MR) is 112 cm³/mol. The number of halogens is 1. The molecule has 1 saturated carbocycles. The van der Waals surface area contributed by atoms with Gasteiger partial charge >= 0.3 is 0 Å². The maximum absolute atomic E-state index is 12.8. The maximum Gasteiger partial charge on any atom is 0.260 e. The molecule has 6 nitrogen and oxygen atoms in total. The largest absolute Gasteiger partial charge is 0.349 e. The number of hydrogen-bond acceptors (Lipinski definition) is 3. The van der Waals surface area contributed by atoms with E-state index in [1.54, 1.807) is 23.0 Å². The summed E-state index contributed by atoms with van der Waals surface area (Å²) in [5, 5.41) is 10.2. The molecule has 1 aromatic carbocycles. The van der Waals surface area contributed by atoms with Crippen molar-refractivity contribution in [3.63, 3.8) is 0 Å². The van der Waals surface area contributed by atoms with E-state index in [0.29, 0.717) is 21.4 Å². The number of aromatic nitrogens is 2. The van der Waals surface area contributed by atoms with Crippen LogP contribution >= 0.6 is 15.9 Å². The van der Waals surface area contributed by atoms with Gasteiger partial charge in [0.2, 0.25) is 0 Å². The lowest BCUT2D eigenvalue weighted by atomic mass is 10.1. The molecule has 1 heterocycles. The van der Waals surface area contributed by atoms with E-state index in [1.165, 1.54) is 0 Å². The van der Waals surface area contributed by atoms with Gasteiger partial charge in [0.15, 0.2) is 0 Å². The van der Waals surface area contributed by atoms with Crippen molar-refractivity contribution < 1.29 is 9.59 Å². The number of amides is 2. The fraction of sp³-hybridized carbons (Fsp3) is 0.286. The molecule has 2 aliphatic rings. The van der Waals surface area contributed by atoms with E-state index in [9.17, 15) is 9.59 Å². The van der Waals surface area contributed by atoms with E-state index in [2.05, 4.69) is 43.8 Å². The molecule has 0 spiro atoms. The number of carbonyl (C=O) groups excluding carboxylic acids is 2. The Morgan fingerprint density at radius 3 is 2.75 bits per heavy atom. The van der Waals surface area contributed by atoms with Crippen LogP contribution in [0.1, 0.15) is 52.0 Å². The van der Waals surface area contributed by atoms with Gasteiger partial charge in [-0.15, -0.1) is 0 Å². The first-order chi connectivity index (χ1) is 13.5. The molecule has 1 aromatic heterocycles. The van der Waals surface area contributed by atoms with Crippen LogP contribution in [0.5, 0.6) is 0 Å². The Kier molecular flexibility index (Phi) is 5.17. The second kappa shape index (κ2) is 7.75. The Morgan fingerprint density at radius 1 is 1.21 bits per heavy atom. The van der Waals surface area contributed by atoms with Crippen LogP contribution in [0.15, 0.2) is 47.2 Å². The first-order valence-electron chi connectivity index (χ1n) is 9.36. The van der Waals surface area contributed by atoms with E-state index in [0.717, 1.165) is 36.9 Å². The molecule has 1 fully saturated rings. The molecule has 144 valence electrons. The summed E-state index contributed by atoms with van der Waals surface area (Å²) in [6.45, 7) is 1.90. The highest BCUT2D eigenvalue weighted by Gasteiger charge is 2.24. The van der Waals surface area contributed by atoms with Crippen molar-refractivity contribution in [2.24, 2.45) is 0 Å². The lowest BCUT2D eigenvalue weighted by Gasteiger charge is -2.11. The SMILES string of the molecule is Cc1ccc(C(=O)NC2CC2)cc1NC(=O)c1cnn(C2=CCCC=C2)c1Br. The molecule has 0 unspecified atom stereocenters. The standard InChI is InChI=1S/C21H21BrN4O2/c1-13-7-8-14(20(27)24-15-9-10-15)11-18(13)25-21(28)17-12-23-26(19(17)22)16-5-3-2-4-6-16/h3,5-8,11-12,15H,2,4,9-10H2,1H3,(H,24,27)(H,25,28). The number of nitrogens with one attached hydrogen (secondary N) is 2. The topological polar surface area (TPSA) is 76.0 Å². The number of anilines is 1. The summed E-state index contributed by atoms with van der Waals surface area (Å²) in [5.41, 5.74) is 3.42. The average Bonchev–Trinajstić information content (AvgIpc) is 3.42. The minimum absolute atomic E-state index is 0.108. The molecular weight excluding hydrogens is 420 g/mol. The zero-order valence-electron chi connectivity index (χ0n) is 15.5. The van der Waals surface area contributed by atoms with E-state index < -0.39 is 0 Å². The molecule has 0 bridgehead atoms. The molecule has 28 heavy (non-hydrogen) atoms. The van der Waals surface area contributed by atoms with Gasteiger partial charge in [0.1, 0.15) is 4.60 Å². The Bertz CT molecular complexity index is 1000. The summed E-state index contributed by atoms with van der Waals surface area (Å²) in [5.74, 6) is -0.385. The van der Waals surface area contributed by atoms with Crippen LogP contribution in [0.2, 0.25) is 0 Å². The number of nitrogens with zero attached hydrogens (tertiary/aromatic N) is 2. The van der Waals surface area contributed by atoms with Crippen molar-refractivity contribution in [1.29, 1.82) is 0 Å². The molecule has 4 rings (SSSR count). The van der Waals surface area contributed by atoms with Crippen LogP contribution in [0.3, 0.4) is 0 Å².